The van der Waals surface area contributed by atoms with E-state index in [9.17, 15) is 4.79 Å². The highest BCUT2D eigenvalue weighted by Crippen LogP contribution is 2.37. The molecule has 0 saturated heterocycles. The van der Waals surface area contributed by atoms with Crippen LogP contribution in [0.3, 0.4) is 0 Å². The largest absolute Gasteiger partial charge is 0.496 e. The Morgan fingerprint density at radius 1 is 0.962 bits per heavy atom. The molecule has 7 nitrogen and oxygen atoms in total. The van der Waals surface area contributed by atoms with Crippen LogP contribution in [-0.4, -0.2) is 40.6 Å². The van der Waals surface area contributed by atoms with Crippen LogP contribution >= 0.6 is 15.9 Å². The fraction of sp³-hybridized carbons (Fsp3) is 0.222. The highest BCUT2D eigenvalue weighted by Gasteiger charge is 2.14. The van der Waals surface area contributed by atoms with Crippen molar-refractivity contribution in [3.8, 4) is 23.0 Å². The van der Waals surface area contributed by atoms with Crippen LogP contribution in [0.4, 0.5) is 0 Å². The van der Waals surface area contributed by atoms with Gasteiger partial charge in [0.05, 0.1) is 40.2 Å². The first kappa shape index (κ1) is 19.6. The number of amides is 1. The molecule has 0 aromatic heterocycles. The molecule has 1 N–H and O–H groups in total. The van der Waals surface area contributed by atoms with Crippen molar-refractivity contribution in [3.63, 3.8) is 0 Å². The summed E-state index contributed by atoms with van der Waals surface area (Å²) < 4.78 is 21.8. The van der Waals surface area contributed by atoms with Crippen molar-refractivity contribution in [1.29, 1.82) is 0 Å². The zero-order chi connectivity index (χ0) is 19.1. The van der Waals surface area contributed by atoms with Crippen molar-refractivity contribution >= 4 is 28.1 Å². The van der Waals surface area contributed by atoms with E-state index >= 15 is 0 Å². The smallest absolute Gasteiger partial charge is 0.275 e. The quantitative estimate of drug-likeness (QED) is 0.547. The second kappa shape index (κ2) is 9.10. The number of hydrogen-bond acceptors (Lipinski definition) is 6. The van der Waals surface area contributed by atoms with E-state index in [4.69, 9.17) is 18.9 Å². The lowest BCUT2D eigenvalue weighted by molar-refractivity contribution is 0.0952. The number of carbonyl (C=O) groups excluding carboxylic acids is 1. The number of hydrazone groups is 1. The number of nitrogens with one attached hydrogen (secondary N) is 1. The Hall–Kier alpha value is -2.74. The van der Waals surface area contributed by atoms with E-state index in [1.54, 1.807) is 30.3 Å². The zero-order valence-corrected chi connectivity index (χ0v) is 16.4. The Morgan fingerprint density at radius 3 is 2.12 bits per heavy atom. The number of benzene rings is 2. The van der Waals surface area contributed by atoms with Gasteiger partial charge in [-0.3, -0.25) is 4.79 Å². The molecule has 8 heteroatoms. The van der Waals surface area contributed by atoms with Crippen LogP contribution in [0.2, 0.25) is 0 Å². The van der Waals surface area contributed by atoms with Crippen molar-refractivity contribution in [2.75, 3.05) is 28.4 Å². The van der Waals surface area contributed by atoms with Gasteiger partial charge in [0.15, 0.2) is 11.5 Å². The van der Waals surface area contributed by atoms with Gasteiger partial charge in [-0.05, 0) is 30.3 Å². The molecule has 2 rings (SSSR count). The summed E-state index contributed by atoms with van der Waals surface area (Å²) in [7, 11) is 6.08. The predicted molar refractivity (Wildman–Crippen MR) is 102 cm³/mol. The number of rotatable bonds is 7. The normalized spacial score (nSPS) is 10.5. The summed E-state index contributed by atoms with van der Waals surface area (Å²) in [5, 5.41) is 3.98. The third-order valence-electron chi connectivity index (χ3n) is 3.47. The monoisotopic (exact) mass is 422 g/mol. The van der Waals surface area contributed by atoms with Gasteiger partial charge in [0.25, 0.3) is 5.91 Å². The molecule has 0 aliphatic heterocycles. The van der Waals surface area contributed by atoms with Crippen molar-refractivity contribution < 1.29 is 23.7 Å². The van der Waals surface area contributed by atoms with Gasteiger partial charge >= 0.3 is 0 Å². The fourth-order valence-corrected chi connectivity index (χ4v) is 2.62. The fourth-order valence-electron chi connectivity index (χ4n) is 2.26. The summed E-state index contributed by atoms with van der Waals surface area (Å²) in [4.78, 5) is 12.3. The molecule has 26 heavy (non-hydrogen) atoms. The molecule has 0 saturated carbocycles. The van der Waals surface area contributed by atoms with Crippen LogP contribution in [0.25, 0.3) is 0 Å². The second-order valence-electron chi connectivity index (χ2n) is 5.00. The van der Waals surface area contributed by atoms with Gasteiger partial charge in [-0.15, -0.1) is 0 Å². The highest BCUT2D eigenvalue weighted by atomic mass is 79.9. The average Bonchev–Trinajstić information content (AvgIpc) is 2.66. The van der Waals surface area contributed by atoms with Crippen LogP contribution < -0.4 is 24.4 Å². The van der Waals surface area contributed by atoms with Crippen LogP contribution in [0, 0.1) is 0 Å². The third kappa shape index (κ3) is 4.45. The van der Waals surface area contributed by atoms with Crippen LogP contribution in [-0.2, 0) is 0 Å². The highest BCUT2D eigenvalue weighted by molar-refractivity contribution is 9.10. The molecule has 138 valence electrons. The van der Waals surface area contributed by atoms with Gasteiger partial charge < -0.3 is 18.9 Å². The first-order valence-electron chi connectivity index (χ1n) is 7.51. The molecule has 0 aliphatic carbocycles. The van der Waals surface area contributed by atoms with Gasteiger partial charge in [0.1, 0.15) is 5.75 Å². The number of nitrogens with zero attached hydrogens (tertiary/aromatic N) is 1. The molecule has 2 aromatic carbocycles. The molecule has 0 spiro atoms. The lowest BCUT2D eigenvalue weighted by Gasteiger charge is -2.12. The predicted octanol–water partition coefficient (Wildman–Crippen LogP) is 3.25. The molecule has 0 fully saturated rings. The summed E-state index contributed by atoms with van der Waals surface area (Å²) in [5.41, 5.74) is 3.50. The van der Waals surface area contributed by atoms with Gasteiger partial charge in [-0.1, -0.05) is 15.9 Å². The summed E-state index contributed by atoms with van der Waals surface area (Å²) in [6.45, 7) is 0. The molecule has 0 radical (unpaired) electrons. The van der Waals surface area contributed by atoms with Crippen LogP contribution in [0.5, 0.6) is 23.0 Å². The van der Waals surface area contributed by atoms with Crippen LogP contribution in [0.15, 0.2) is 39.9 Å². The van der Waals surface area contributed by atoms with Gasteiger partial charge in [-0.2, -0.15) is 5.10 Å². The maximum atomic E-state index is 12.3. The van der Waals surface area contributed by atoms with E-state index in [1.165, 1.54) is 34.7 Å². The minimum Gasteiger partial charge on any atom is -0.496 e. The topological polar surface area (TPSA) is 78.4 Å². The summed E-state index contributed by atoms with van der Waals surface area (Å²) in [6.07, 6.45) is 1.48. The third-order valence-corrected chi connectivity index (χ3v) is 3.97. The molecule has 0 atom stereocenters. The average molecular weight is 423 g/mol. The Bertz CT molecular complexity index is 798. The van der Waals surface area contributed by atoms with E-state index in [2.05, 4.69) is 26.5 Å². The van der Waals surface area contributed by atoms with Crippen molar-refractivity contribution in [3.05, 3.63) is 45.9 Å². The van der Waals surface area contributed by atoms with Crippen LogP contribution in [0.1, 0.15) is 15.9 Å². The summed E-state index contributed by atoms with van der Waals surface area (Å²) in [6, 6.07) is 8.58. The maximum Gasteiger partial charge on any atom is 0.275 e. The van der Waals surface area contributed by atoms with E-state index < -0.39 is 5.91 Å². The van der Waals surface area contributed by atoms with Gasteiger partial charge in [0.2, 0.25) is 5.75 Å². The lowest BCUT2D eigenvalue weighted by atomic mass is 10.2. The molecule has 1 amide bonds. The lowest BCUT2D eigenvalue weighted by Crippen LogP contribution is -2.18. The standard InChI is InChI=1S/C18H19BrN2O5/c1-23-14-6-5-12(19)9-13(14)18(22)21-20-10-11-7-15(24-2)17(26-4)16(8-11)25-3/h5-10H,1-4H3,(H,21,22)/b20-10+. The molecule has 0 aliphatic rings. The minimum atomic E-state index is -0.396. The first-order chi connectivity index (χ1) is 12.5. The Morgan fingerprint density at radius 2 is 1.58 bits per heavy atom. The van der Waals surface area contributed by atoms with Crippen molar-refractivity contribution in [2.24, 2.45) is 5.10 Å². The summed E-state index contributed by atoms with van der Waals surface area (Å²) >= 11 is 3.33. The Labute approximate surface area is 160 Å². The molecule has 0 heterocycles. The Balaban J connectivity index is 2.20. The van der Waals surface area contributed by atoms with Crippen molar-refractivity contribution in [1.82, 2.24) is 5.43 Å². The molecule has 2 aromatic rings. The van der Waals surface area contributed by atoms with E-state index in [1.807, 2.05) is 0 Å². The molecule has 0 bridgehead atoms. The van der Waals surface area contributed by atoms with E-state index in [0.717, 1.165) is 4.47 Å². The van der Waals surface area contributed by atoms with E-state index in [-0.39, 0.29) is 0 Å². The molecule has 0 unspecified atom stereocenters. The zero-order valence-electron chi connectivity index (χ0n) is 14.8. The summed E-state index contributed by atoms with van der Waals surface area (Å²) in [5.74, 6) is 1.53. The number of hydrogen-bond donors (Lipinski definition) is 1. The number of halogens is 1. The number of methoxy groups -OCH3 is 4. The van der Waals surface area contributed by atoms with E-state index in [0.29, 0.717) is 34.1 Å². The first-order valence-corrected chi connectivity index (χ1v) is 8.30. The van der Waals surface area contributed by atoms with Crippen molar-refractivity contribution in [2.45, 2.75) is 0 Å². The second-order valence-corrected chi connectivity index (χ2v) is 5.92. The van der Waals surface area contributed by atoms with Gasteiger partial charge in [-0.25, -0.2) is 5.43 Å². The number of carbonyl (C=O) groups is 1. The number of ether oxygens (including phenoxy) is 4. The van der Waals surface area contributed by atoms with Gasteiger partial charge in [0, 0.05) is 10.0 Å². The molecular formula is C18H19BrN2O5. The Kier molecular flexibility index (Phi) is 6.85. The maximum absolute atomic E-state index is 12.3. The molecular weight excluding hydrogens is 404 g/mol. The SMILES string of the molecule is COc1ccc(Br)cc1C(=O)N/N=C/c1cc(OC)c(OC)c(OC)c1. The minimum absolute atomic E-state index is 0.365.